The Bertz CT molecular complexity index is 1700. The number of esters is 2. The van der Waals surface area contributed by atoms with Crippen LogP contribution in [0.15, 0.2) is 109 Å². The zero-order chi connectivity index (χ0) is 31.3. The number of ether oxygens (including phenoxy) is 3. The zero-order valence-corrected chi connectivity index (χ0v) is 24.0. The van der Waals surface area contributed by atoms with Crippen molar-refractivity contribution in [3.05, 3.63) is 114 Å². The van der Waals surface area contributed by atoms with Crippen LogP contribution in [0, 0.1) is 0 Å². The van der Waals surface area contributed by atoms with Gasteiger partial charge < -0.3 is 14.2 Å². The first-order valence-electron chi connectivity index (χ1n) is 13.2. The van der Waals surface area contributed by atoms with E-state index in [1.165, 1.54) is 13.2 Å². The van der Waals surface area contributed by atoms with Gasteiger partial charge in [0, 0.05) is 16.7 Å². The van der Waals surface area contributed by atoms with Crippen LogP contribution in [0.4, 0.5) is 13.2 Å². The minimum absolute atomic E-state index is 0.00580. The van der Waals surface area contributed by atoms with Crippen molar-refractivity contribution < 1.29 is 37.0 Å². The molecule has 0 spiro atoms. The number of carbonyl (C=O) groups excluding carboxylic acids is 2. The summed E-state index contributed by atoms with van der Waals surface area (Å²) in [7, 11) is 1.48. The number of alkyl halides is 3. The van der Waals surface area contributed by atoms with Crippen molar-refractivity contribution >= 4 is 11.9 Å². The highest BCUT2D eigenvalue weighted by Gasteiger charge is 2.34. The van der Waals surface area contributed by atoms with Crippen LogP contribution in [0.1, 0.15) is 26.3 Å². The fraction of sp³-hybridized carbons (Fsp3) is 0.143. The maximum atomic E-state index is 14.3. The largest absolute Gasteiger partial charge is 0.497 e. The van der Waals surface area contributed by atoms with Gasteiger partial charge in [0.05, 0.1) is 12.7 Å². The SMILES string of the molecule is C=C(C)C(=O)Oc1ccc(-c2ccc(-c3ccc(-c4ccc(OC)cc4)c(C(F)(F)F)c3)c(OC(=O)/C(C)=C/C)c2)cc1. The quantitative estimate of drug-likeness (QED) is 0.117. The fourth-order valence-corrected chi connectivity index (χ4v) is 4.20. The minimum atomic E-state index is -4.65. The average molecular weight is 587 g/mol. The van der Waals surface area contributed by atoms with Crippen molar-refractivity contribution in [2.75, 3.05) is 7.11 Å². The summed E-state index contributed by atoms with van der Waals surface area (Å²) < 4.78 is 59.0. The predicted molar refractivity (Wildman–Crippen MR) is 160 cm³/mol. The number of rotatable bonds is 8. The normalized spacial score (nSPS) is 11.6. The summed E-state index contributed by atoms with van der Waals surface area (Å²) in [5, 5.41) is 0. The van der Waals surface area contributed by atoms with Crippen molar-refractivity contribution in [3.8, 4) is 50.6 Å². The van der Waals surface area contributed by atoms with E-state index in [0.29, 0.717) is 39.3 Å². The first kappa shape index (κ1) is 30.8. The van der Waals surface area contributed by atoms with Gasteiger partial charge in [0.2, 0.25) is 0 Å². The number of allylic oxidation sites excluding steroid dienone is 1. The molecule has 0 saturated carbocycles. The second-order valence-corrected chi connectivity index (χ2v) is 9.75. The third-order valence-corrected chi connectivity index (χ3v) is 6.72. The molecule has 8 heteroatoms. The minimum Gasteiger partial charge on any atom is -0.497 e. The molecule has 0 aliphatic carbocycles. The molecule has 43 heavy (non-hydrogen) atoms. The molecular formula is C35H29F3O5. The molecular weight excluding hydrogens is 557 g/mol. The molecule has 0 unspecified atom stereocenters. The molecule has 0 aliphatic rings. The highest BCUT2D eigenvalue weighted by molar-refractivity contribution is 5.92. The van der Waals surface area contributed by atoms with Crippen molar-refractivity contribution in [3.63, 3.8) is 0 Å². The molecule has 0 radical (unpaired) electrons. The highest BCUT2D eigenvalue weighted by Crippen LogP contribution is 2.42. The summed E-state index contributed by atoms with van der Waals surface area (Å²) in [5.41, 5.74) is 2.01. The molecule has 0 fully saturated rings. The summed E-state index contributed by atoms with van der Waals surface area (Å²) in [5.74, 6) is -0.248. The van der Waals surface area contributed by atoms with Crippen LogP contribution >= 0.6 is 0 Å². The summed E-state index contributed by atoms with van der Waals surface area (Å²) in [4.78, 5) is 24.6. The van der Waals surface area contributed by atoms with Crippen LogP contribution in [0.5, 0.6) is 17.2 Å². The lowest BCUT2D eigenvalue weighted by Crippen LogP contribution is -2.10. The Morgan fingerprint density at radius 3 is 1.84 bits per heavy atom. The molecule has 4 rings (SSSR count). The third-order valence-electron chi connectivity index (χ3n) is 6.72. The Balaban J connectivity index is 1.79. The second-order valence-electron chi connectivity index (χ2n) is 9.75. The number of carbonyl (C=O) groups is 2. The molecule has 0 atom stereocenters. The van der Waals surface area contributed by atoms with Crippen LogP contribution in [-0.4, -0.2) is 19.0 Å². The maximum Gasteiger partial charge on any atom is 0.417 e. The maximum absolute atomic E-state index is 14.3. The zero-order valence-electron chi connectivity index (χ0n) is 24.0. The van der Waals surface area contributed by atoms with Gasteiger partial charge in [0.15, 0.2) is 0 Å². The van der Waals surface area contributed by atoms with E-state index in [-0.39, 0.29) is 22.4 Å². The number of hydrogen-bond acceptors (Lipinski definition) is 5. The van der Waals surface area contributed by atoms with Crippen LogP contribution < -0.4 is 14.2 Å². The Hall–Kier alpha value is -5.11. The van der Waals surface area contributed by atoms with Gasteiger partial charge in [-0.1, -0.05) is 61.2 Å². The molecule has 0 heterocycles. The van der Waals surface area contributed by atoms with E-state index in [1.54, 1.807) is 99.6 Å². The first-order chi connectivity index (χ1) is 20.4. The molecule has 0 N–H and O–H groups in total. The van der Waals surface area contributed by atoms with E-state index in [4.69, 9.17) is 14.2 Å². The summed E-state index contributed by atoms with van der Waals surface area (Å²) in [6.07, 6.45) is -3.07. The van der Waals surface area contributed by atoms with Crippen LogP contribution in [-0.2, 0) is 15.8 Å². The van der Waals surface area contributed by atoms with E-state index in [2.05, 4.69) is 6.58 Å². The highest BCUT2D eigenvalue weighted by atomic mass is 19.4. The van der Waals surface area contributed by atoms with E-state index < -0.39 is 23.7 Å². The van der Waals surface area contributed by atoms with Crippen LogP contribution in [0.3, 0.4) is 0 Å². The Morgan fingerprint density at radius 1 is 0.698 bits per heavy atom. The Labute approximate surface area is 247 Å². The summed E-state index contributed by atoms with van der Waals surface area (Å²) >= 11 is 0. The van der Waals surface area contributed by atoms with Gasteiger partial charge in [-0.3, -0.25) is 0 Å². The molecule has 0 aliphatic heterocycles. The third kappa shape index (κ3) is 7.22. The Kier molecular flexibility index (Phi) is 9.19. The second kappa shape index (κ2) is 12.8. The Morgan fingerprint density at radius 2 is 1.26 bits per heavy atom. The van der Waals surface area contributed by atoms with E-state index in [1.807, 2.05) is 0 Å². The topological polar surface area (TPSA) is 61.8 Å². The molecule has 0 amide bonds. The molecule has 4 aromatic carbocycles. The smallest absolute Gasteiger partial charge is 0.417 e. The fourth-order valence-electron chi connectivity index (χ4n) is 4.20. The number of benzene rings is 4. The van der Waals surface area contributed by atoms with Gasteiger partial charge in [-0.2, -0.15) is 13.2 Å². The molecule has 4 aromatic rings. The van der Waals surface area contributed by atoms with Crippen molar-refractivity contribution in [1.29, 1.82) is 0 Å². The van der Waals surface area contributed by atoms with Crippen molar-refractivity contribution in [2.24, 2.45) is 0 Å². The van der Waals surface area contributed by atoms with Crippen molar-refractivity contribution in [2.45, 2.75) is 26.9 Å². The molecule has 0 bridgehead atoms. The first-order valence-corrected chi connectivity index (χ1v) is 13.2. The molecule has 0 aromatic heterocycles. The summed E-state index contributed by atoms with van der Waals surface area (Å²) in [6.45, 7) is 8.37. The van der Waals surface area contributed by atoms with E-state index in [0.717, 1.165) is 6.07 Å². The van der Waals surface area contributed by atoms with Gasteiger partial charge in [0.25, 0.3) is 0 Å². The van der Waals surface area contributed by atoms with Gasteiger partial charge in [-0.05, 0) is 85.0 Å². The number of hydrogen-bond donors (Lipinski definition) is 0. The lowest BCUT2D eigenvalue weighted by Gasteiger charge is -2.17. The van der Waals surface area contributed by atoms with Crippen LogP contribution in [0.25, 0.3) is 33.4 Å². The number of methoxy groups -OCH3 is 1. The van der Waals surface area contributed by atoms with Gasteiger partial charge in [0.1, 0.15) is 17.2 Å². The lowest BCUT2D eigenvalue weighted by molar-refractivity contribution is -0.137. The predicted octanol–water partition coefficient (Wildman–Crippen LogP) is 9.07. The van der Waals surface area contributed by atoms with Crippen molar-refractivity contribution in [1.82, 2.24) is 0 Å². The number of halogens is 3. The molecule has 0 saturated heterocycles. The van der Waals surface area contributed by atoms with Gasteiger partial charge >= 0.3 is 18.1 Å². The van der Waals surface area contributed by atoms with Gasteiger partial charge in [-0.25, -0.2) is 9.59 Å². The summed E-state index contributed by atoms with van der Waals surface area (Å²) in [6, 6.07) is 21.9. The van der Waals surface area contributed by atoms with E-state index in [9.17, 15) is 22.8 Å². The van der Waals surface area contributed by atoms with Gasteiger partial charge in [-0.15, -0.1) is 0 Å². The lowest BCUT2D eigenvalue weighted by atomic mass is 9.93. The monoisotopic (exact) mass is 586 g/mol. The standard InChI is InChI=1S/C35H29F3O5/c1-6-22(4)34(40)43-32-20-25(23-7-15-28(16-8-23)42-33(39)21(2)3)11-18-30(32)26-12-17-29(31(19-26)35(36,37)38)24-9-13-27(41-5)14-10-24/h6-20H,2H2,1,3-5H3/b22-6+. The average Bonchev–Trinajstić information content (AvgIpc) is 3.00. The van der Waals surface area contributed by atoms with Crippen LogP contribution in [0.2, 0.25) is 0 Å². The molecule has 5 nitrogen and oxygen atoms in total. The van der Waals surface area contributed by atoms with E-state index >= 15 is 0 Å². The molecule has 220 valence electrons.